The van der Waals surface area contributed by atoms with Gasteiger partial charge in [0.25, 0.3) is 0 Å². The van der Waals surface area contributed by atoms with Crippen molar-refractivity contribution in [2.45, 2.75) is 77.2 Å². The highest BCUT2D eigenvalue weighted by Gasteiger charge is 2.42. The van der Waals surface area contributed by atoms with Gasteiger partial charge in [-0.3, -0.25) is 4.98 Å². The zero-order valence-corrected chi connectivity index (χ0v) is 22.7. The molecule has 206 valence electrons. The number of nitrogens with two attached hydrogens (primary N) is 1. The van der Waals surface area contributed by atoms with Gasteiger partial charge in [0, 0.05) is 24.9 Å². The Morgan fingerprint density at radius 3 is 2.59 bits per heavy atom. The molecule has 4 atom stereocenters. The Balaban J connectivity index is 1.46. The van der Waals surface area contributed by atoms with Gasteiger partial charge < -0.3 is 15.6 Å². The molecule has 0 radical (unpaired) electrons. The van der Waals surface area contributed by atoms with Crippen LogP contribution in [0.25, 0.3) is 16.8 Å². The Labute approximate surface area is 227 Å². The van der Waals surface area contributed by atoms with Crippen molar-refractivity contribution in [1.29, 1.82) is 0 Å². The predicted octanol–water partition coefficient (Wildman–Crippen LogP) is 5.18. The minimum Gasteiger partial charge on any atom is -0.388 e. The first-order chi connectivity index (χ1) is 18.5. The third-order valence-electron chi connectivity index (χ3n) is 8.05. The normalized spacial score (nSPS) is 23.6. The largest absolute Gasteiger partial charge is 0.388 e. The number of nitrogens with zero attached hydrogens (tertiary/aromatic N) is 4. The molecule has 0 saturated heterocycles. The van der Waals surface area contributed by atoms with Gasteiger partial charge in [0.15, 0.2) is 0 Å². The molecule has 0 amide bonds. The number of aliphatic hydroxyl groups is 1. The van der Waals surface area contributed by atoms with Crippen LogP contribution in [-0.4, -0.2) is 42.4 Å². The lowest BCUT2D eigenvalue weighted by Crippen LogP contribution is -2.54. The number of aromatic nitrogens is 4. The monoisotopic (exact) mass is 535 g/mol. The lowest BCUT2D eigenvalue weighted by atomic mass is 9.67. The average Bonchev–Trinajstić information content (AvgIpc) is 3.28. The molecule has 0 spiro atoms. The summed E-state index contributed by atoms with van der Waals surface area (Å²) in [6.45, 7) is 7.70. The average molecular weight is 536 g/mol. The number of benzene rings is 1. The fourth-order valence-electron chi connectivity index (χ4n) is 5.48. The van der Waals surface area contributed by atoms with Gasteiger partial charge in [-0.05, 0) is 92.5 Å². The van der Waals surface area contributed by atoms with Crippen LogP contribution in [-0.2, 0) is 17.8 Å². The van der Waals surface area contributed by atoms with E-state index >= 15 is 8.78 Å². The third-order valence-corrected chi connectivity index (χ3v) is 8.05. The number of halogens is 2. The highest BCUT2D eigenvalue weighted by atomic mass is 19.1. The molecule has 3 N–H and O–H groups in total. The zero-order chi connectivity index (χ0) is 27.9. The smallest absolute Gasteiger partial charge is 0.135 e. The van der Waals surface area contributed by atoms with E-state index in [0.29, 0.717) is 29.7 Å². The molecule has 1 aromatic carbocycles. The SMILES string of the molecule is CC(C)OCc1cc(F)c(-c2ccc3cnc(Cc4cnccc4[C@H]4C[C@@H](N)[C@](C)(O)[C@@H](C)C4)n3n2)c(F)c1. The Morgan fingerprint density at radius 2 is 1.90 bits per heavy atom. The van der Waals surface area contributed by atoms with E-state index < -0.39 is 17.2 Å². The van der Waals surface area contributed by atoms with Gasteiger partial charge >= 0.3 is 0 Å². The van der Waals surface area contributed by atoms with Crippen LogP contribution in [0.2, 0.25) is 0 Å². The topological polar surface area (TPSA) is 98.6 Å². The summed E-state index contributed by atoms with van der Waals surface area (Å²) in [5.41, 5.74) is 8.68. The Kier molecular flexibility index (Phi) is 7.50. The van der Waals surface area contributed by atoms with Crippen LogP contribution < -0.4 is 5.73 Å². The summed E-state index contributed by atoms with van der Waals surface area (Å²) in [4.78, 5) is 8.91. The molecule has 1 aliphatic rings. The molecule has 9 heteroatoms. The van der Waals surface area contributed by atoms with Gasteiger partial charge in [-0.2, -0.15) is 5.10 Å². The molecule has 1 aliphatic carbocycles. The van der Waals surface area contributed by atoms with E-state index in [1.54, 1.807) is 29.0 Å². The second kappa shape index (κ2) is 10.7. The molecule has 1 fully saturated rings. The van der Waals surface area contributed by atoms with E-state index in [9.17, 15) is 5.11 Å². The van der Waals surface area contributed by atoms with Gasteiger partial charge in [-0.25, -0.2) is 18.3 Å². The van der Waals surface area contributed by atoms with Crippen molar-refractivity contribution < 1.29 is 18.6 Å². The highest BCUT2D eigenvalue weighted by Crippen LogP contribution is 2.42. The summed E-state index contributed by atoms with van der Waals surface area (Å²) in [5.74, 6) is -0.552. The minimum absolute atomic E-state index is 0.0388. The molecule has 3 aromatic heterocycles. The maximum atomic E-state index is 15.1. The second-order valence-corrected chi connectivity index (χ2v) is 11.2. The maximum absolute atomic E-state index is 15.1. The molecule has 3 heterocycles. The molecule has 0 bridgehead atoms. The van der Waals surface area contributed by atoms with Gasteiger partial charge in [0.1, 0.15) is 17.5 Å². The van der Waals surface area contributed by atoms with Crippen molar-refractivity contribution in [2.75, 3.05) is 0 Å². The van der Waals surface area contributed by atoms with Crippen molar-refractivity contribution in [3.8, 4) is 11.3 Å². The fourth-order valence-corrected chi connectivity index (χ4v) is 5.48. The summed E-state index contributed by atoms with van der Waals surface area (Å²) in [6.07, 6.45) is 7.13. The van der Waals surface area contributed by atoms with Gasteiger partial charge in [-0.1, -0.05) is 6.92 Å². The van der Waals surface area contributed by atoms with Gasteiger partial charge in [0.2, 0.25) is 0 Å². The number of ether oxygens (including phenoxy) is 1. The quantitative estimate of drug-likeness (QED) is 0.339. The number of pyridine rings is 1. The predicted molar refractivity (Wildman–Crippen MR) is 145 cm³/mol. The summed E-state index contributed by atoms with van der Waals surface area (Å²) in [5, 5.41) is 15.4. The molecule has 4 aromatic rings. The highest BCUT2D eigenvalue weighted by molar-refractivity contribution is 5.63. The van der Waals surface area contributed by atoms with Crippen LogP contribution in [0, 0.1) is 17.6 Å². The molecule has 0 unspecified atom stereocenters. The second-order valence-electron chi connectivity index (χ2n) is 11.2. The van der Waals surface area contributed by atoms with E-state index in [4.69, 9.17) is 10.5 Å². The van der Waals surface area contributed by atoms with Crippen LogP contribution in [0.3, 0.4) is 0 Å². The molecule has 1 saturated carbocycles. The minimum atomic E-state index is -0.909. The molecular formula is C30H35F2N5O2. The Bertz CT molecular complexity index is 1450. The Hall–Kier alpha value is -3.27. The number of rotatable bonds is 7. The molecule has 39 heavy (non-hydrogen) atoms. The van der Waals surface area contributed by atoms with E-state index in [0.717, 1.165) is 17.5 Å². The molecule has 5 rings (SSSR count). The molecule has 7 nitrogen and oxygen atoms in total. The number of imidazole rings is 1. The van der Waals surface area contributed by atoms with E-state index in [-0.39, 0.29) is 41.8 Å². The van der Waals surface area contributed by atoms with Crippen LogP contribution in [0.4, 0.5) is 8.78 Å². The van der Waals surface area contributed by atoms with Crippen molar-refractivity contribution in [3.63, 3.8) is 0 Å². The summed E-state index contributed by atoms with van der Waals surface area (Å²) in [6, 6.07) is 7.59. The zero-order valence-electron chi connectivity index (χ0n) is 22.7. The lowest BCUT2D eigenvalue weighted by molar-refractivity contribution is -0.0464. The van der Waals surface area contributed by atoms with E-state index in [1.807, 2.05) is 40.0 Å². The number of hydrogen-bond acceptors (Lipinski definition) is 6. The van der Waals surface area contributed by atoms with Crippen LogP contribution in [0.5, 0.6) is 0 Å². The maximum Gasteiger partial charge on any atom is 0.135 e. The number of hydrogen-bond donors (Lipinski definition) is 2. The summed E-state index contributed by atoms with van der Waals surface area (Å²) in [7, 11) is 0. The van der Waals surface area contributed by atoms with Crippen molar-refractivity contribution in [3.05, 3.63) is 83.1 Å². The standard InChI is InChI=1S/C30H35F2N5O2/c1-17(2)39-16-19-10-24(31)29(25(32)11-19)26-6-5-22-15-35-28(37(22)36-26)13-21-14-34-8-7-23(21)20-9-18(3)30(4,38)27(33)12-20/h5-8,10-11,14-15,17-18,20,27,38H,9,12-13,16,33H2,1-4H3/t18-,20+,27+,30+/m0/s1. The van der Waals surface area contributed by atoms with Crippen LogP contribution >= 0.6 is 0 Å². The van der Waals surface area contributed by atoms with E-state index in [1.165, 1.54) is 12.1 Å². The van der Waals surface area contributed by atoms with Crippen LogP contribution in [0.15, 0.2) is 48.9 Å². The number of fused-ring (bicyclic) bond motifs is 1. The van der Waals surface area contributed by atoms with Crippen molar-refractivity contribution >= 4 is 5.52 Å². The van der Waals surface area contributed by atoms with Crippen molar-refractivity contribution in [2.24, 2.45) is 11.7 Å². The van der Waals surface area contributed by atoms with Crippen LogP contribution in [0.1, 0.15) is 69.0 Å². The first kappa shape index (κ1) is 27.3. The van der Waals surface area contributed by atoms with Gasteiger partial charge in [-0.15, -0.1) is 0 Å². The third kappa shape index (κ3) is 5.44. The van der Waals surface area contributed by atoms with Crippen molar-refractivity contribution in [1.82, 2.24) is 19.6 Å². The molecular weight excluding hydrogens is 500 g/mol. The Morgan fingerprint density at radius 1 is 1.15 bits per heavy atom. The lowest BCUT2D eigenvalue weighted by Gasteiger charge is -2.44. The first-order valence-electron chi connectivity index (χ1n) is 13.4. The first-order valence-corrected chi connectivity index (χ1v) is 13.4. The van der Waals surface area contributed by atoms with E-state index in [2.05, 4.69) is 15.1 Å². The summed E-state index contributed by atoms with van der Waals surface area (Å²) < 4.78 is 37.3. The summed E-state index contributed by atoms with van der Waals surface area (Å²) >= 11 is 0. The fraction of sp³-hybridized carbons (Fsp3) is 0.433. The van der Waals surface area contributed by atoms with Gasteiger partial charge in [0.05, 0.1) is 41.3 Å². The molecule has 0 aliphatic heterocycles.